The van der Waals surface area contributed by atoms with E-state index in [1.54, 1.807) is 11.4 Å². The first-order valence-corrected chi connectivity index (χ1v) is 11.2. The van der Waals surface area contributed by atoms with E-state index in [2.05, 4.69) is 24.0 Å². The summed E-state index contributed by atoms with van der Waals surface area (Å²) in [5.41, 5.74) is 0.0843. The van der Waals surface area contributed by atoms with E-state index in [1.165, 1.54) is 16.0 Å². The summed E-state index contributed by atoms with van der Waals surface area (Å²) in [6.07, 6.45) is 3.43. The van der Waals surface area contributed by atoms with Gasteiger partial charge in [-0.15, -0.1) is 11.3 Å². The number of thiophene rings is 1. The van der Waals surface area contributed by atoms with Gasteiger partial charge in [0.1, 0.15) is 0 Å². The fraction of sp³-hybridized carbons (Fsp3) is 0.765. The zero-order valence-electron chi connectivity index (χ0n) is 14.8. The molecule has 24 heavy (non-hydrogen) atoms. The molecule has 2 aliphatic heterocycles. The van der Waals surface area contributed by atoms with Crippen molar-refractivity contribution in [2.45, 2.75) is 26.3 Å². The molecule has 2 fully saturated rings. The van der Waals surface area contributed by atoms with Gasteiger partial charge < -0.3 is 4.74 Å². The van der Waals surface area contributed by atoms with Gasteiger partial charge in [-0.25, -0.2) is 12.7 Å². The predicted molar refractivity (Wildman–Crippen MR) is 97.8 cm³/mol. The highest BCUT2D eigenvalue weighted by Gasteiger charge is 2.49. The van der Waals surface area contributed by atoms with Gasteiger partial charge in [-0.1, -0.05) is 0 Å². The van der Waals surface area contributed by atoms with E-state index >= 15 is 0 Å². The third-order valence-corrected chi connectivity index (χ3v) is 7.85. The van der Waals surface area contributed by atoms with Crippen LogP contribution in [0.4, 0.5) is 0 Å². The number of ether oxygens (including phenoxy) is 1. The van der Waals surface area contributed by atoms with Crippen LogP contribution in [0.2, 0.25) is 0 Å². The molecule has 3 heterocycles. The van der Waals surface area contributed by atoms with Gasteiger partial charge in [-0.05, 0) is 50.4 Å². The molecule has 0 saturated carbocycles. The molecular formula is C17H28N2O3S2. The number of methoxy groups -OCH3 is 1. The fourth-order valence-electron chi connectivity index (χ4n) is 4.18. The van der Waals surface area contributed by atoms with Gasteiger partial charge in [-0.3, -0.25) is 4.90 Å². The summed E-state index contributed by atoms with van der Waals surface area (Å²) in [6, 6.07) is 4.40. The van der Waals surface area contributed by atoms with Crippen molar-refractivity contribution in [2.24, 2.45) is 11.3 Å². The Morgan fingerprint density at radius 3 is 2.58 bits per heavy atom. The molecule has 7 heteroatoms. The maximum absolute atomic E-state index is 12.0. The lowest BCUT2D eigenvalue weighted by atomic mass is 9.71. The van der Waals surface area contributed by atoms with E-state index < -0.39 is 10.0 Å². The standard InChI is InChI=1S/C17H28N2O3S2/c1-14-4-5-16(23-14)11-18-8-6-17(7-9-18)13-19(24(3,20)21)10-15(17)12-22-2/h4-5,15H,6-13H2,1-3H3/t15-/m1/s1. The number of sulfonamides is 1. The molecule has 5 nitrogen and oxygen atoms in total. The van der Waals surface area contributed by atoms with Crippen LogP contribution in [-0.4, -0.2) is 63.8 Å². The quantitative estimate of drug-likeness (QED) is 0.795. The minimum Gasteiger partial charge on any atom is -0.384 e. The van der Waals surface area contributed by atoms with Crippen molar-refractivity contribution in [3.63, 3.8) is 0 Å². The second-order valence-electron chi connectivity index (χ2n) is 7.36. The largest absolute Gasteiger partial charge is 0.384 e. The summed E-state index contributed by atoms with van der Waals surface area (Å²) in [6.45, 7) is 7.15. The molecule has 0 aliphatic carbocycles. The van der Waals surface area contributed by atoms with Crippen LogP contribution in [-0.2, 0) is 21.3 Å². The van der Waals surface area contributed by atoms with Gasteiger partial charge in [0, 0.05) is 42.4 Å². The highest BCUT2D eigenvalue weighted by atomic mass is 32.2. The monoisotopic (exact) mass is 372 g/mol. The van der Waals surface area contributed by atoms with Crippen LogP contribution < -0.4 is 0 Å². The lowest BCUT2D eigenvalue weighted by molar-refractivity contribution is 0.0360. The Balaban J connectivity index is 1.65. The van der Waals surface area contributed by atoms with Crippen LogP contribution in [0.5, 0.6) is 0 Å². The number of hydrogen-bond donors (Lipinski definition) is 0. The Hall–Kier alpha value is -0.470. The third kappa shape index (κ3) is 3.85. The molecule has 0 amide bonds. The Labute approximate surface area is 149 Å². The van der Waals surface area contributed by atoms with Crippen LogP contribution >= 0.6 is 11.3 Å². The first-order valence-electron chi connectivity index (χ1n) is 8.54. The number of nitrogens with zero attached hydrogens (tertiary/aromatic N) is 2. The summed E-state index contributed by atoms with van der Waals surface area (Å²) in [4.78, 5) is 5.28. The molecule has 0 bridgehead atoms. The molecule has 3 rings (SSSR count). The number of hydrogen-bond acceptors (Lipinski definition) is 5. The summed E-state index contributed by atoms with van der Waals surface area (Å²) in [7, 11) is -1.41. The van der Waals surface area contributed by atoms with E-state index in [1.807, 2.05) is 11.3 Å². The van der Waals surface area contributed by atoms with Gasteiger partial charge in [0.15, 0.2) is 0 Å². The average molecular weight is 373 g/mol. The van der Waals surface area contributed by atoms with Crippen molar-refractivity contribution in [1.82, 2.24) is 9.21 Å². The molecule has 1 spiro atoms. The molecule has 0 radical (unpaired) electrons. The molecule has 1 aromatic rings. The maximum Gasteiger partial charge on any atom is 0.211 e. The van der Waals surface area contributed by atoms with Gasteiger partial charge in [0.05, 0.1) is 12.9 Å². The van der Waals surface area contributed by atoms with Crippen LogP contribution in [0.15, 0.2) is 12.1 Å². The molecule has 0 aromatic carbocycles. The first-order chi connectivity index (χ1) is 11.3. The summed E-state index contributed by atoms with van der Waals surface area (Å²) >= 11 is 1.87. The Morgan fingerprint density at radius 1 is 1.33 bits per heavy atom. The summed E-state index contributed by atoms with van der Waals surface area (Å²) in [5.74, 6) is 0.309. The molecule has 0 unspecified atom stereocenters. The molecule has 136 valence electrons. The third-order valence-electron chi connectivity index (χ3n) is 5.65. The molecular weight excluding hydrogens is 344 g/mol. The average Bonchev–Trinajstić information content (AvgIpc) is 3.07. The minimum absolute atomic E-state index is 0.0843. The highest BCUT2D eigenvalue weighted by molar-refractivity contribution is 7.88. The Bertz CT molecular complexity index is 663. The molecule has 0 N–H and O–H groups in total. The second kappa shape index (κ2) is 7.03. The van der Waals surface area contributed by atoms with E-state index in [0.29, 0.717) is 25.6 Å². The second-order valence-corrected chi connectivity index (χ2v) is 10.7. The molecule has 2 aliphatic rings. The van der Waals surface area contributed by atoms with Gasteiger partial charge in [0.25, 0.3) is 0 Å². The van der Waals surface area contributed by atoms with Crippen molar-refractivity contribution in [2.75, 3.05) is 46.2 Å². The zero-order valence-corrected chi connectivity index (χ0v) is 16.5. The number of aryl methyl sites for hydroxylation is 1. The van der Waals surface area contributed by atoms with Crippen molar-refractivity contribution in [1.29, 1.82) is 0 Å². The van der Waals surface area contributed by atoms with Crippen LogP contribution in [0.25, 0.3) is 0 Å². The number of rotatable bonds is 5. The van der Waals surface area contributed by atoms with Crippen molar-refractivity contribution < 1.29 is 13.2 Å². The van der Waals surface area contributed by atoms with Crippen LogP contribution in [0.3, 0.4) is 0 Å². The first kappa shape index (κ1) is 18.3. The normalized spacial score (nSPS) is 25.5. The number of piperidine rings is 1. The molecule has 1 atom stereocenters. The van der Waals surface area contributed by atoms with Gasteiger partial charge >= 0.3 is 0 Å². The zero-order chi connectivity index (χ0) is 17.4. The van der Waals surface area contributed by atoms with E-state index in [-0.39, 0.29) is 5.41 Å². The smallest absolute Gasteiger partial charge is 0.211 e. The van der Waals surface area contributed by atoms with Crippen molar-refractivity contribution in [3.05, 3.63) is 21.9 Å². The van der Waals surface area contributed by atoms with Crippen LogP contribution in [0.1, 0.15) is 22.6 Å². The van der Waals surface area contributed by atoms with Crippen molar-refractivity contribution in [3.8, 4) is 0 Å². The topological polar surface area (TPSA) is 49.9 Å². The van der Waals surface area contributed by atoms with E-state index in [0.717, 1.165) is 32.5 Å². The summed E-state index contributed by atoms with van der Waals surface area (Å²) < 4.78 is 31.1. The lowest BCUT2D eigenvalue weighted by Gasteiger charge is -2.42. The lowest BCUT2D eigenvalue weighted by Crippen LogP contribution is -2.45. The SMILES string of the molecule is COC[C@H]1CN(S(C)(=O)=O)CC12CCN(Cc1ccc(C)s1)CC2. The van der Waals surface area contributed by atoms with Crippen LogP contribution in [0, 0.1) is 18.3 Å². The Kier molecular flexibility index (Phi) is 5.37. The Morgan fingerprint density at radius 2 is 2.04 bits per heavy atom. The predicted octanol–water partition coefficient (Wildman–Crippen LogP) is 2.18. The summed E-state index contributed by atoms with van der Waals surface area (Å²) in [5, 5.41) is 0. The van der Waals surface area contributed by atoms with Crippen molar-refractivity contribution >= 4 is 21.4 Å². The molecule has 1 aromatic heterocycles. The van der Waals surface area contributed by atoms with E-state index in [4.69, 9.17) is 4.74 Å². The maximum atomic E-state index is 12.0. The van der Waals surface area contributed by atoms with Gasteiger partial charge in [-0.2, -0.15) is 0 Å². The fourth-order valence-corrected chi connectivity index (χ4v) is 6.06. The highest BCUT2D eigenvalue weighted by Crippen LogP contribution is 2.45. The number of likely N-dealkylation sites (tertiary alicyclic amines) is 1. The van der Waals surface area contributed by atoms with E-state index in [9.17, 15) is 8.42 Å². The molecule has 2 saturated heterocycles. The minimum atomic E-state index is -3.12. The van der Waals surface area contributed by atoms with Gasteiger partial charge in [0.2, 0.25) is 10.0 Å².